The van der Waals surface area contributed by atoms with E-state index in [2.05, 4.69) is 19.2 Å². The summed E-state index contributed by atoms with van der Waals surface area (Å²) in [6, 6.07) is 7.50. The number of carbonyl (C=O) groups is 2. The third-order valence-corrected chi connectivity index (χ3v) is 6.65. The number of benzene rings is 1. The quantitative estimate of drug-likeness (QED) is 0.885. The number of rotatable bonds is 3. The van der Waals surface area contributed by atoms with Crippen molar-refractivity contribution in [3.63, 3.8) is 0 Å². The van der Waals surface area contributed by atoms with E-state index in [1.807, 2.05) is 29.2 Å². The first-order valence-corrected chi connectivity index (χ1v) is 10.2. The van der Waals surface area contributed by atoms with E-state index < -0.39 is 0 Å². The lowest BCUT2D eigenvalue weighted by molar-refractivity contribution is -0.121. The molecule has 5 atom stereocenters. The van der Waals surface area contributed by atoms with Crippen LogP contribution in [-0.2, 0) is 4.79 Å². The topological polar surface area (TPSA) is 49.4 Å². The SMILES string of the molecule is CC1CC(C)CN(C(=O)c2ccccc2NC(=O)C2CC3CCC2C3)C1. The lowest BCUT2D eigenvalue weighted by atomic mass is 9.88. The molecule has 2 saturated carbocycles. The fraction of sp³-hybridized carbons (Fsp3) is 0.636. The average molecular weight is 354 g/mol. The van der Waals surface area contributed by atoms with Gasteiger partial charge in [0.1, 0.15) is 0 Å². The molecule has 1 N–H and O–H groups in total. The van der Waals surface area contributed by atoms with Gasteiger partial charge >= 0.3 is 0 Å². The van der Waals surface area contributed by atoms with E-state index in [1.165, 1.54) is 25.7 Å². The summed E-state index contributed by atoms with van der Waals surface area (Å²) < 4.78 is 0. The lowest BCUT2D eigenvalue weighted by Crippen LogP contribution is -2.42. The van der Waals surface area contributed by atoms with Crippen molar-refractivity contribution in [2.24, 2.45) is 29.6 Å². The highest BCUT2D eigenvalue weighted by atomic mass is 16.2. The molecule has 26 heavy (non-hydrogen) atoms. The summed E-state index contributed by atoms with van der Waals surface area (Å²) >= 11 is 0. The van der Waals surface area contributed by atoms with Crippen molar-refractivity contribution in [1.82, 2.24) is 4.90 Å². The first-order chi connectivity index (χ1) is 12.5. The zero-order valence-corrected chi connectivity index (χ0v) is 15.9. The van der Waals surface area contributed by atoms with Crippen LogP contribution in [0.25, 0.3) is 0 Å². The number of fused-ring (bicyclic) bond motifs is 2. The van der Waals surface area contributed by atoms with Crippen LogP contribution in [-0.4, -0.2) is 29.8 Å². The predicted molar refractivity (Wildman–Crippen MR) is 103 cm³/mol. The molecule has 4 nitrogen and oxygen atoms in total. The van der Waals surface area contributed by atoms with Gasteiger partial charge in [0.2, 0.25) is 5.91 Å². The maximum absolute atomic E-state index is 13.1. The molecule has 0 radical (unpaired) electrons. The zero-order valence-electron chi connectivity index (χ0n) is 15.9. The number of anilines is 1. The number of likely N-dealkylation sites (tertiary alicyclic amines) is 1. The lowest BCUT2D eigenvalue weighted by Gasteiger charge is -2.35. The fourth-order valence-electron chi connectivity index (χ4n) is 5.57. The number of nitrogens with one attached hydrogen (secondary N) is 1. The van der Waals surface area contributed by atoms with Crippen molar-refractivity contribution in [1.29, 1.82) is 0 Å². The molecule has 3 aliphatic rings. The highest BCUT2D eigenvalue weighted by Gasteiger charge is 2.43. The van der Waals surface area contributed by atoms with E-state index in [1.54, 1.807) is 0 Å². The van der Waals surface area contributed by atoms with Gasteiger partial charge in [-0.3, -0.25) is 9.59 Å². The summed E-state index contributed by atoms with van der Waals surface area (Å²) in [6.45, 7) is 6.02. The van der Waals surface area contributed by atoms with Crippen LogP contribution < -0.4 is 5.32 Å². The Hall–Kier alpha value is -1.84. The first kappa shape index (κ1) is 17.6. The zero-order chi connectivity index (χ0) is 18.3. The van der Waals surface area contributed by atoms with E-state index in [4.69, 9.17) is 0 Å². The van der Waals surface area contributed by atoms with Gasteiger partial charge in [0.05, 0.1) is 11.3 Å². The largest absolute Gasteiger partial charge is 0.338 e. The molecule has 1 aromatic carbocycles. The molecule has 1 aromatic rings. The molecule has 0 aromatic heterocycles. The summed E-state index contributed by atoms with van der Waals surface area (Å²) in [6.07, 6.45) is 5.88. The van der Waals surface area contributed by atoms with Crippen molar-refractivity contribution < 1.29 is 9.59 Å². The van der Waals surface area contributed by atoms with Gasteiger partial charge in [-0.15, -0.1) is 0 Å². The maximum atomic E-state index is 13.1. The Bertz CT molecular complexity index is 691. The predicted octanol–water partition coefficient (Wildman–Crippen LogP) is 4.18. The Morgan fingerprint density at radius 1 is 1.00 bits per heavy atom. The summed E-state index contributed by atoms with van der Waals surface area (Å²) in [7, 11) is 0. The molecule has 5 unspecified atom stereocenters. The Balaban J connectivity index is 1.49. The van der Waals surface area contributed by atoms with Crippen LogP contribution in [0.4, 0.5) is 5.69 Å². The number of para-hydroxylation sites is 1. The molecule has 4 heteroatoms. The molecular formula is C22H30N2O2. The van der Waals surface area contributed by atoms with Crippen LogP contribution in [0.2, 0.25) is 0 Å². The third kappa shape index (κ3) is 3.38. The molecule has 4 rings (SSSR count). The van der Waals surface area contributed by atoms with Gasteiger partial charge < -0.3 is 10.2 Å². The van der Waals surface area contributed by atoms with Crippen molar-refractivity contribution >= 4 is 17.5 Å². The second-order valence-corrected chi connectivity index (χ2v) is 8.97. The van der Waals surface area contributed by atoms with Crippen molar-refractivity contribution in [3.05, 3.63) is 29.8 Å². The van der Waals surface area contributed by atoms with Crippen LogP contribution in [0, 0.1) is 29.6 Å². The Labute approximate surface area is 156 Å². The first-order valence-electron chi connectivity index (χ1n) is 10.2. The third-order valence-electron chi connectivity index (χ3n) is 6.65. The Kier molecular flexibility index (Phi) is 4.76. The number of nitrogens with zero attached hydrogens (tertiary/aromatic N) is 1. The van der Waals surface area contributed by atoms with E-state index in [0.717, 1.165) is 25.4 Å². The number of hydrogen-bond acceptors (Lipinski definition) is 2. The molecule has 2 amide bonds. The summed E-state index contributed by atoms with van der Waals surface area (Å²) in [5.41, 5.74) is 1.31. The van der Waals surface area contributed by atoms with E-state index in [0.29, 0.717) is 29.0 Å². The molecule has 1 heterocycles. The summed E-state index contributed by atoms with van der Waals surface area (Å²) in [5, 5.41) is 3.09. The smallest absolute Gasteiger partial charge is 0.255 e. The van der Waals surface area contributed by atoms with Gasteiger partial charge in [0.25, 0.3) is 5.91 Å². The van der Waals surface area contributed by atoms with Crippen molar-refractivity contribution in [3.8, 4) is 0 Å². The number of hydrogen-bond donors (Lipinski definition) is 1. The summed E-state index contributed by atoms with van der Waals surface area (Å²) in [4.78, 5) is 27.9. The second-order valence-electron chi connectivity index (χ2n) is 8.97. The van der Waals surface area contributed by atoms with Crippen LogP contribution in [0.5, 0.6) is 0 Å². The van der Waals surface area contributed by atoms with Crippen LogP contribution >= 0.6 is 0 Å². The van der Waals surface area contributed by atoms with E-state index >= 15 is 0 Å². The highest BCUT2D eigenvalue weighted by Crippen LogP contribution is 2.48. The second kappa shape index (κ2) is 7.05. The van der Waals surface area contributed by atoms with Gasteiger partial charge in [0.15, 0.2) is 0 Å². The highest BCUT2D eigenvalue weighted by molar-refractivity contribution is 6.04. The number of piperidine rings is 1. The average Bonchev–Trinajstić information content (AvgIpc) is 3.24. The molecule has 1 saturated heterocycles. The van der Waals surface area contributed by atoms with Gasteiger partial charge in [-0.1, -0.05) is 32.4 Å². The van der Waals surface area contributed by atoms with Gasteiger partial charge in [0, 0.05) is 19.0 Å². The van der Waals surface area contributed by atoms with Gasteiger partial charge in [-0.2, -0.15) is 0 Å². The van der Waals surface area contributed by atoms with Crippen LogP contribution in [0.1, 0.15) is 56.3 Å². The minimum Gasteiger partial charge on any atom is -0.338 e. The molecule has 2 bridgehead atoms. The molecule has 140 valence electrons. The fourth-order valence-corrected chi connectivity index (χ4v) is 5.57. The van der Waals surface area contributed by atoms with Crippen LogP contribution in [0.3, 0.4) is 0 Å². The summed E-state index contributed by atoms with van der Waals surface area (Å²) in [5.74, 6) is 2.63. The minimum atomic E-state index is 0.0484. The Morgan fingerprint density at radius 2 is 1.73 bits per heavy atom. The number of carbonyl (C=O) groups excluding carboxylic acids is 2. The van der Waals surface area contributed by atoms with E-state index in [9.17, 15) is 9.59 Å². The molecule has 1 aliphatic heterocycles. The van der Waals surface area contributed by atoms with Gasteiger partial charge in [-0.05, 0) is 61.5 Å². The van der Waals surface area contributed by atoms with Crippen molar-refractivity contribution in [2.75, 3.05) is 18.4 Å². The van der Waals surface area contributed by atoms with E-state index in [-0.39, 0.29) is 17.7 Å². The van der Waals surface area contributed by atoms with Gasteiger partial charge in [-0.25, -0.2) is 0 Å². The monoisotopic (exact) mass is 354 g/mol. The minimum absolute atomic E-state index is 0.0484. The molecule has 2 aliphatic carbocycles. The molecular weight excluding hydrogens is 324 g/mol. The van der Waals surface area contributed by atoms with Crippen molar-refractivity contribution in [2.45, 2.75) is 46.0 Å². The maximum Gasteiger partial charge on any atom is 0.255 e. The normalized spacial score (nSPS) is 33.3. The number of amides is 2. The molecule has 0 spiro atoms. The Morgan fingerprint density at radius 3 is 2.38 bits per heavy atom. The molecule has 3 fully saturated rings. The standard InChI is InChI=1S/C22H30N2O2/c1-14-9-15(2)13-24(12-14)22(26)18-5-3-4-6-20(18)23-21(25)19-11-16-7-8-17(19)10-16/h3-6,14-17,19H,7-13H2,1-2H3,(H,23,25). The van der Waals surface area contributed by atoms with Crippen LogP contribution in [0.15, 0.2) is 24.3 Å².